The number of aromatic nitrogens is 1. The summed E-state index contributed by atoms with van der Waals surface area (Å²) in [5, 5.41) is 3.37. The molecule has 1 aromatic heterocycles. The van der Waals surface area contributed by atoms with Crippen LogP contribution in [0, 0.1) is 6.92 Å². The number of hydrogen-bond acceptors (Lipinski definition) is 4. The van der Waals surface area contributed by atoms with Gasteiger partial charge in [-0.05, 0) is 45.7 Å². The fourth-order valence-corrected chi connectivity index (χ4v) is 2.76. The van der Waals surface area contributed by atoms with Crippen molar-refractivity contribution >= 4 is 0 Å². The molecule has 0 aromatic carbocycles. The third-order valence-corrected chi connectivity index (χ3v) is 3.77. The maximum Gasteiger partial charge on any atom is 0.197 e. The highest BCUT2D eigenvalue weighted by atomic mass is 16.5. The van der Waals surface area contributed by atoms with Gasteiger partial charge in [0.15, 0.2) is 5.89 Å². The minimum Gasteiger partial charge on any atom is -0.445 e. The number of aryl methyl sites for hydroxylation is 1. The minimum atomic E-state index is 0.175. The molecule has 1 N–H and O–H groups in total. The number of rotatable bonds is 2. The number of ether oxygens (including phenoxy) is 1. The van der Waals surface area contributed by atoms with Crippen molar-refractivity contribution in [2.75, 3.05) is 19.7 Å². The van der Waals surface area contributed by atoms with Gasteiger partial charge in [-0.25, -0.2) is 4.98 Å². The Morgan fingerprint density at radius 1 is 1.24 bits per heavy atom. The highest BCUT2D eigenvalue weighted by molar-refractivity contribution is 5.14. The molecule has 2 aliphatic heterocycles. The zero-order chi connectivity index (χ0) is 11.7. The highest BCUT2D eigenvalue weighted by Crippen LogP contribution is 2.33. The first-order chi connectivity index (χ1) is 8.34. The summed E-state index contributed by atoms with van der Waals surface area (Å²) in [5.74, 6) is 2.37. The normalized spacial score (nSPS) is 26.5. The summed E-state index contributed by atoms with van der Waals surface area (Å²) in [5.41, 5.74) is 1.04. The van der Waals surface area contributed by atoms with Crippen LogP contribution < -0.4 is 5.32 Å². The molecule has 2 saturated heterocycles. The highest BCUT2D eigenvalue weighted by Gasteiger charge is 2.27. The quantitative estimate of drug-likeness (QED) is 0.856. The van der Waals surface area contributed by atoms with Gasteiger partial charge in [0, 0.05) is 12.5 Å². The van der Waals surface area contributed by atoms with Crippen molar-refractivity contribution in [2.24, 2.45) is 0 Å². The lowest BCUT2D eigenvalue weighted by Crippen LogP contribution is -2.26. The van der Waals surface area contributed by atoms with Crippen LogP contribution in [0.3, 0.4) is 0 Å². The van der Waals surface area contributed by atoms with Crippen molar-refractivity contribution in [3.05, 3.63) is 17.3 Å². The number of nitrogens with zero attached hydrogens (tertiary/aromatic N) is 1. The molecule has 94 valence electrons. The smallest absolute Gasteiger partial charge is 0.197 e. The number of piperidine rings is 1. The van der Waals surface area contributed by atoms with Crippen molar-refractivity contribution in [1.82, 2.24) is 10.3 Å². The maximum atomic E-state index is 5.85. The first-order valence-corrected chi connectivity index (χ1v) is 6.64. The van der Waals surface area contributed by atoms with E-state index >= 15 is 0 Å². The van der Waals surface area contributed by atoms with Gasteiger partial charge in [0.05, 0.1) is 0 Å². The van der Waals surface area contributed by atoms with E-state index in [1.165, 1.54) is 0 Å². The Hall–Kier alpha value is -0.870. The Bertz CT molecular complexity index is 377. The van der Waals surface area contributed by atoms with Crippen LogP contribution in [0.4, 0.5) is 0 Å². The van der Waals surface area contributed by atoms with Crippen LogP contribution in [0.1, 0.15) is 55.1 Å². The van der Waals surface area contributed by atoms with E-state index in [0.717, 1.165) is 62.7 Å². The van der Waals surface area contributed by atoms with E-state index in [0.29, 0.717) is 5.92 Å². The third-order valence-electron chi connectivity index (χ3n) is 3.77. The third kappa shape index (κ3) is 2.24. The first kappa shape index (κ1) is 11.2. The summed E-state index contributed by atoms with van der Waals surface area (Å²) in [7, 11) is 0. The average molecular weight is 236 g/mol. The summed E-state index contributed by atoms with van der Waals surface area (Å²) in [6.45, 7) is 5.01. The molecule has 3 heterocycles. The van der Waals surface area contributed by atoms with Gasteiger partial charge in [-0.2, -0.15) is 0 Å². The van der Waals surface area contributed by atoms with E-state index in [9.17, 15) is 0 Å². The van der Waals surface area contributed by atoms with Crippen molar-refractivity contribution < 1.29 is 9.15 Å². The Morgan fingerprint density at radius 3 is 2.76 bits per heavy atom. The average Bonchev–Trinajstić information content (AvgIpc) is 2.99. The first-order valence-electron chi connectivity index (χ1n) is 6.64. The van der Waals surface area contributed by atoms with Gasteiger partial charge in [0.25, 0.3) is 0 Å². The minimum absolute atomic E-state index is 0.175. The van der Waals surface area contributed by atoms with Gasteiger partial charge >= 0.3 is 0 Å². The fraction of sp³-hybridized carbons (Fsp3) is 0.769. The summed E-state index contributed by atoms with van der Waals surface area (Å²) in [6, 6.07) is 0. The van der Waals surface area contributed by atoms with E-state index < -0.39 is 0 Å². The van der Waals surface area contributed by atoms with Gasteiger partial charge in [-0.3, -0.25) is 0 Å². The molecule has 4 heteroatoms. The van der Waals surface area contributed by atoms with Crippen LogP contribution in [0.15, 0.2) is 4.42 Å². The van der Waals surface area contributed by atoms with E-state index in [-0.39, 0.29) is 6.10 Å². The molecule has 17 heavy (non-hydrogen) atoms. The van der Waals surface area contributed by atoms with Crippen molar-refractivity contribution in [3.63, 3.8) is 0 Å². The molecule has 0 bridgehead atoms. The molecule has 0 saturated carbocycles. The molecule has 0 radical (unpaired) electrons. The molecule has 3 rings (SSSR count). The Balaban J connectivity index is 1.79. The van der Waals surface area contributed by atoms with Crippen LogP contribution >= 0.6 is 0 Å². The predicted octanol–water partition coefficient (Wildman–Crippen LogP) is 2.30. The molecule has 0 spiro atoms. The molecular weight excluding hydrogens is 216 g/mol. The fourth-order valence-electron chi connectivity index (χ4n) is 2.76. The summed E-state index contributed by atoms with van der Waals surface area (Å²) >= 11 is 0. The van der Waals surface area contributed by atoms with Crippen LogP contribution in [0.5, 0.6) is 0 Å². The van der Waals surface area contributed by atoms with Gasteiger partial charge in [-0.15, -0.1) is 0 Å². The summed E-state index contributed by atoms with van der Waals surface area (Å²) in [4.78, 5) is 4.70. The van der Waals surface area contributed by atoms with Crippen molar-refractivity contribution in [3.8, 4) is 0 Å². The zero-order valence-corrected chi connectivity index (χ0v) is 10.4. The Labute approximate surface area is 102 Å². The van der Waals surface area contributed by atoms with Gasteiger partial charge in [0.1, 0.15) is 17.6 Å². The Kier molecular flexibility index (Phi) is 3.16. The molecule has 1 aromatic rings. The second-order valence-corrected chi connectivity index (χ2v) is 5.02. The van der Waals surface area contributed by atoms with Gasteiger partial charge < -0.3 is 14.5 Å². The monoisotopic (exact) mass is 236 g/mol. The van der Waals surface area contributed by atoms with Gasteiger partial charge in [-0.1, -0.05) is 0 Å². The molecule has 1 unspecified atom stereocenters. The van der Waals surface area contributed by atoms with E-state index in [1.807, 2.05) is 6.92 Å². The molecule has 2 aliphatic rings. The standard InChI is InChI=1S/C13H20N2O2/c1-9-12(11-3-2-8-16-11)15-13(17-9)10-4-6-14-7-5-10/h10-11,14H,2-8H2,1H3. The predicted molar refractivity (Wildman–Crippen MR) is 64.0 cm³/mol. The zero-order valence-electron chi connectivity index (χ0n) is 10.4. The second-order valence-electron chi connectivity index (χ2n) is 5.02. The van der Waals surface area contributed by atoms with Crippen molar-refractivity contribution in [2.45, 2.75) is 44.6 Å². The summed E-state index contributed by atoms with van der Waals surface area (Å²) in [6.07, 6.45) is 4.66. The topological polar surface area (TPSA) is 47.3 Å². The molecule has 0 aliphatic carbocycles. The van der Waals surface area contributed by atoms with Crippen LogP contribution in [0.25, 0.3) is 0 Å². The SMILES string of the molecule is Cc1oc(C2CCNCC2)nc1C1CCCO1. The van der Waals surface area contributed by atoms with Crippen LogP contribution in [-0.2, 0) is 4.74 Å². The van der Waals surface area contributed by atoms with Crippen LogP contribution in [0.2, 0.25) is 0 Å². The summed E-state index contributed by atoms with van der Waals surface area (Å²) < 4.78 is 11.5. The van der Waals surface area contributed by atoms with Gasteiger partial charge in [0.2, 0.25) is 0 Å². The molecule has 2 fully saturated rings. The lowest BCUT2D eigenvalue weighted by molar-refractivity contribution is 0.108. The molecule has 4 nitrogen and oxygen atoms in total. The lowest BCUT2D eigenvalue weighted by Gasteiger charge is -2.19. The Morgan fingerprint density at radius 2 is 2.06 bits per heavy atom. The van der Waals surface area contributed by atoms with E-state index in [1.54, 1.807) is 0 Å². The molecular formula is C13H20N2O2. The lowest BCUT2D eigenvalue weighted by atomic mass is 9.98. The van der Waals surface area contributed by atoms with Crippen LogP contribution in [-0.4, -0.2) is 24.7 Å². The number of hydrogen-bond donors (Lipinski definition) is 1. The number of oxazole rings is 1. The molecule has 0 amide bonds. The second kappa shape index (κ2) is 4.78. The van der Waals surface area contributed by atoms with Crippen molar-refractivity contribution in [1.29, 1.82) is 0 Å². The largest absolute Gasteiger partial charge is 0.445 e. The van der Waals surface area contributed by atoms with E-state index in [4.69, 9.17) is 14.1 Å². The van der Waals surface area contributed by atoms with E-state index in [2.05, 4.69) is 5.32 Å². The molecule has 1 atom stereocenters. The number of nitrogens with one attached hydrogen (secondary N) is 1. The maximum absolute atomic E-state index is 5.85.